The fourth-order valence-corrected chi connectivity index (χ4v) is 2.05. The number of hydrogen-bond donors (Lipinski definition) is 3. The number of aliphatic hydroxyl groups excluding tert-OH is 1. The third-order valence-electron chi connectivity index (χ3n) is 2.88. The second-order valence-electron chi connectivity index (χ2n) is 5.10. The summed E-state index contributed by atoms with van der Waals surface area (Å²) in [5.74, 6) is 0.460. The topological polar surface area (TPSA) is 82.5 Å². The van der Waals surface area contributed by atoms with Crippen LogP contribution in [0, 0.1) is 11.8 Å². The van der Waals surface area contributed by atoms with Gasteiger partial charge in [-0.25, -0.2) is 9.78 Å². The molecule has 0 fully saturated rings. The van der Waals surface area contributed by atoms with Crippen LogP contribution >= 0.6 is 0 Å². The molecule has 0 spiro atoms. The highest BCUT2D eigenvalue weighted by Gasteiger charge is 2.11. The predicted molar refractivity (Wildman–Crippen MR) is 74.3 cm³/mol. The number of pyridine rings is 1. The number of aromatic carboxylic acids is 1. The highest BCUT2D eigenvalue weighted by Crippen LogP contribution is 2.16. The Morgan fingerprint density at radius 1 is 1.42 bits per heavy atom. The van der Waals surface area contributed by atoms with Crippen LogP contribution in [0.2, 0.25) is 0 Å². The van der Waals surface area contributed by atoms with Gasteiger partial charge in [-0.2, -0.15) is 0 Å². The van der Waals surface area contributed by atoms with Gasteiger partial charge in [0.1, 0.15) is 5.82 Å². The van der Waals surface area contributed by atoms with E-state index in [1.165, 1.54) is 6.07 Å². The second kappa shape index (κ2) is 7.74. The summed E-state index contributed by atoms with van der Waals surface area (Å²) in [6.07, 6.45) is 1.76. The summed E-state index contributed by atoms with van der Waals surface area (Å²) >= 11 is 0. The average Bonchev–Trinajstić information content (AvgIpc) is 2.36. The number of anilines is 1. The lowest BCUT2D eigenvalue weighted by Crippen LogP contribution is -2.18. The van der Waals surface area contributed by atoms with Gasteiger partial charge in [0.2, 0.25) is 0 Å². The van der Waals surface area contributed by atoms with Gasteiger partial charge in [0, 0.05) is 13.2 Å². The van der Waals surface area contributed by atoms with E-state index in [0.717, 1.165) is 12.8 Å². The standard InChI is InChI=1S/C14H22N2O3/c1-10(2)8-11(6-7-17)9-15-13-5-3-4-12(16-13)14(18)19/h3-5,10-11,17H,6-9H2,1-2H3,(H,15,16)(H,18,19). The number of carboxylic acid groups (broad SMARTS) is 1. The Labute approximate surface area is 113 Å². The van der Waals surface area contributed by atoms with Gasteiger partial charge in [-0.3, -0.25) is 0 Å². The lowest BCUT2D eigenvalue weighted by molar-refractivity contribution is 0.0690. The molecular weight excluding hydrogens is 244 g/mol. The zero-order valence-corrected chi connectivity index (χ0v) is 11.5. The lowest BCUT2D eigenvalue weighted by atomic mass is 9.94. The van der Waals surface area contributed by atoms with Crippen LogP contribution in [-0.2, 0) is 0 Å². The van der Waals surface area contributed by atoms with Crippen LogP contribution in [0.4, 0.5) is 5.82 Å². The molecule has 3 N–H and O–H groups in total. The van der Waals surface area contributed by atoms with Crippen molar-refractivity contribution in [2.24, 2.45) is 11.8 Å². The van der Waals surface area contributed by atoms with Gasteiger partial charge in [0.15, 0.2) is 5.69 Å². The normalized spacial score (nSPS) is 12.4. The molecule has 1 unspecified atom stereocenters. The van der Waals surface area contributed by atoms with E-state index in [-0.39, 0.29) is 12.3 Å². The van der Waals surface area contributed by atoms with Crippen LogP contribution in [0.25, 0.3) is 0 Å². The first-order chi connectivity index (χ1) is 9.02. The summed E-state index contributed by atoms with van der Waals surface area (Å²) in [7, 11) is 0. The second-order valence-corrected chi connectivity index (χ2v) is 5.10. The van der Waals surface area contributed by atoms with Crippen LogP contribution in [0.3, 0.4) is 0 Å². The van der Waals surface area contributed by atoms with Crippen molar-refractivity contribution in [1.82, 2.24) is 4.98 Å². The molecule has 1 aromatic heterocycles. The van der Waals surface area contributed by atoms with Gasteiger partial charge in [-0.15, -0.1) is 0 Å². The molecule has 0 saturated carbocycles. The number of rotatable bonds is 8. The number of aliphatic hydroxyl groups is 1. The molecule has 0 radical (unpaired) electrons. The van der Waals surface area contributed by atoms with Gasteiger partial charge in [0.05, 0.1) is 0 Å². The number of hydrogen-bond acceptors (Lipinski definition) is 4. The molecule has 5 heteroatoms. The van der Waals surface area contributed by atoms with Crippen LogP contribution in [0.1, 0.15) is 37.2 Å². The number of nitrogens with zero attached hydrogens (tertiary/aromatic N) is 1. The quantitative estimate of drug-likeness (QED) is 0.672. The Morgan fingerprint density at radius 2 is 2.16 bits per heavy atom. The summed E-state index contributed by atoms with van der Waals surface area (Å²) in [6.45, 7) is 5.15. The molecule has 0 amide bonds. The molecule has 1 atom stereocenters. The minimum atomic E-state index is -1.03. The molecule has 0 aliphatic rings. The molecule has 1 rings (SSSR count). The van der Waals surface area contributed by atoms with Crippen molar-refractivity contribution in [1.29, 1.82) is 0 Å². The number of nitrogens with one attached hydrogen (secondary N) is 1. The maximum atomic E-state index is 10.8. The van der Waals surface area contributed by atoms with E-state index >= 15 is 0 Å². The average molecular weight is 266 g/mol. The van der Waals surface area contributed by atoms with E-state index < -0.39 is 5.97 Å². The van der Waals surface area contributed by atoms with E-state index in [2.05, 4.69) is 24.1 Å². The maximum Gasteiger partial charge on any atom is 0.354 e. The van der Waals surface area contributed by atoms with Crippen LogP contribution in [0.5, 0.6) is 0 Å². The summed E-state index contributed by atoms with van der Waals surface area (Å²) < 4.78 is 0. The van der Waals surface area contributed by atoms with Crippen LogP contribution < -0.4 is 5.32 Å². The molecule has 0 aliphatic carbocycles. The first-order valence-electron chi connectivity index (χ1n) is 6.58. The largest absolute Gasteiger partial charge is 0.477 e. The van der Waals surface area contributed by atoms with Crippen molar-refractivity contribution in [3.05, 3.63) is 23.9 Å². The van der Waals surface area contributed by atoms with Crippen molar-refractivity contribution in [3.8, 4) is 0 Å². The number of aromatic nitrogens is 1. The van der Waals surface area contributed by atoms with Crippen LogP contribution in [0.15, 0.2) is 18.2 Å². The van der Waals surface area contributed by atoms with Crippen molar-refractivity contribution >= 4 is 11.8 Å². The van der Waals surface area contributed by atoms with Gasteiger partial charge < -0.3 is 15.5 Å². The third kappa shape index (κ3) is 5.70. The van der Waals surface area contributed by atoms with Crippen molar-refractivity contribution in [2.75, 3.05) is 18.5 Å². The molecule has 0 aromatic carbocycles. The Kier molecular flexibility index (Phi) is 6.29. The Morgan fingerprint density at radius 3 is 2.74 bits per heavy atom. The molecule has 19 heavy (non-hydrogen) atoms. The highest BCUT2D eigenvalue weighted by atomic mass is 16.4. The molecular formula is C14H22N2O3. The fraction of sp³-hybridized carbons (Fsp3) is 0.571. The van der Waals surface area contributed by atoms with Gasteiger partial charge in [0.25, 0.3) is 0 Å². The van der Waals surface area contributed by atoms with E-state index in [4.69, 9.17) is 10.2 Å². The zero-order valence-electron chi connectivity index (χ0n) is 11.5. The minimum Gasteiger partial charge on any atom is -0.477 e. The van der Waals surface area contributed by atoms with Crippen molar-refractivity contribution in [3.63, 3.8) is 0 Å². The van der Waals surface area contributed by atoms with E-state index in [1.807, 2.05) is 0 Å². The third-order valence-corrected chi connectivity index (χ3v) is 2.88. The first kappa shape index (κ1) is 15.4. The summed E-state index contributed by atoms with van der Waals surface area (Å²) in [6, 6.07) is 4.88. The Bertz CT molecular complexity index is 407. The Hall–Kier alpha value is -1.62. The van der Waals surface area contributed by atoms with Crippen molar-refractivity contribution in [2.45, 2.75) is 26.7 Å². The first-order valence-corrected chi connectivity index (χ1v) is 6.58. The van der Waals surface area contributed by atoms with E-state index in [1.54, 1.807) is 12.1 Å². The summed E-state index contributed by atoms with van der Waals surface area (Å²) in [5.41, 5.74) is 0.0348. The summed E-state index contributed by atoms with van der Waals surface area (Å²) in [4.78, 5) is 14.8. The van der Waals surface area contributed by atoms with Gasteiger partial charge in [-0.05, 0) is 36.8 Å². The molecule has 5 nitrogen and oxygen atoms in total. The smallest absolute Gasteiger partial charge is 0.354 e. The molecule has 1 heterocycles. The molecule has 0 aliphatic heterocycles. The maximum absolute atomic E-state index is 10.8. The fourth-order valence-electron chi connectivity index (χ4n) is 2.05. The van der Waals surface area contributed by atoms with Crippen LogP contribution in [-0.4, -0.2) is 34.3 Å². The summed E-state index contributed by atoms with van der Waals surface area (Å²) in [5, 5.41) is 21.1. The molecule has 0 saturated heterocycles. The minimum absolute atomic E-state index is 0.0348. The van der Waals surface area contributed by atoms with Gasteiger partial charge >= 0.3 is 5.97 Å². The molecule has 1 aromatic rings. The number of carbonyl (C=O) groups is 1. The Balaban J connectivity index is 2.58. The van der Waals surface area contributed by atoms with Gasteiger partial charge in [-0.1, -0.05) is 19.9 Å². The van der Waals surface area contributed by atoms with Crippen molar-refractivity contribution < 1.29 is 15.0 Å². The van der Waals surface area contributed by atoms with E-state index in [9.17, 15) is 4.79 Å². The zero-order chi connectivity index (χ0) is 14.3. The SMILES string of the molecule is CC(C)CC(CCO)CNc1cccc(C(=O)O)n1. The number of carboxylic acids is 1. The molecule has 0 bridgehead atoms. The molecule has 106 valence electrons. The lowest BCUT2D eigenvalue weighted by Gasteiger charge is -2.19. The predicted octanol–water partition coefficient (Wildman–Crippen LogP) is 2.24. The highest BCUT2D eigenvalue weighted by molar-refractivity contribution is 5.85. The van der Waals surface area contributed by atoms with E-state index in [0.29, 0.717) is 24.2 Å². The monoisotopic (exact) mass is 266 g/mol.